The molecule has 5 atom stereocenters. The molecule has 1 aromatic carbocycles. The number of para-hydroxylation sites is 1. The van der Waals surface area contributed by atoms with E-state index in [0.717, 1.165) is 29.6 Å². The highest BCUT2D eigenvalue weighted by Gasteiger charge is 2.51. The monoisotopic (exact) mass is 357 g/mol. The first kappa shape index (κ1) is 17.8. The zero-order valence-corrected chi connectivity index (χ0v) is 15.3. The lowest BCUT2D eigenvalue weighted by molar-refractivity contribution is -0.181. The summed E-state index contributed by atoms with van der Waals surface area (Å²) in [6.07, 6.45) is 0.904. The van der Waals surface area contributed by atoms with Crippen LogP contribution < -0.4 is 5.32 Å². The van der Waals surface area contributed by atoms with Gasteiger partial charge in [-0.25, -0.2) is 0 Å². The minimum atomic E-state index is -0.533. The maximum Gasteiger partial charge on any atom is 0.176 e. The van der Waals surface area contributed by atoms with Gasteiger partial charge in [0.25, 0.3) is 0 Å². The van der Waals surface area contributed by atoms with Crippen LogP contribution in [0.2, 0.25) is 0 Å². The smallest absolute Gasteiger partial charge is 0.176 e. The summed E-state index contributed by atoms with van der Waals surface area (Å²) in [5.74, 6) is 0. The molecule has 2 aliphatic heterocycles. The molecular weight excluding hydrogens is 330 g/mol. The van der Waals surface area contributed by atoms with Crippen LogP contribution in [0.5, 0.6) is 0 Å². The summed E-state index contributed by atoms with van der Waals surface area (Å²) in [5.41, 5.74) is 2.09. The number of likely N-dealkylation sites (N-methyl/N-ethyl adjacent to an activating group) is 1. The zero-order chi connectivity index (χ0) is 18.1. The minimum absolute atomic E-state index is 0.116. The van der Waals surface area contributed by atoms with Crippen molar-refractivity contribution < 1.29 is 14.6 Å². The second-order valence-electron chi connectivity index (χ2n) is 7.02. The van der Waals surface area contributed by atoms with Crippen molar-refractivity contribution >= 4 is 10.9 Å². The Hall–Kier alpha value is -1.57. The molecule has 2 saturated heterocycles. The van der Waals surface area contributed by atoms with Gasteiger partial charge >= 0.3 is 0 Å². The summed E-state index contributed by atoms with van der Waals surface area (Å²) in [7, 11) is 0. The van der Waals surface area contributed by atoms with Crippen LogP contribution in [0.1, 0.15) is 19.4 Å². The number of pyridine rings is 1. The van der Waals surface area contributed by atoms with Gasteiger partial charge in [0.05, 0.1) is 30.3 Å². The maximum absolute atomic E-state index is 11.0. The average molecular weight is 357 g/mol. The summed E-state index contributed by atoms with van der Waals surface area (Å²) in [4.78, 5) is 6.73. The third-order valence-corrected chi connectivity index (χ3v) is 5.55. The fraction of sp³-hybridized carbons (Fsp3) is 0.550. The SMILES string of the molecule is CCN(CC)[C@H]1[C@@H]2OC[C@@H](O2)[C@@H](NCc2cnc3ccccc3c2)[C@@H]1O. The molecule has 2 aromatic rings. The first-order valence-electron chi connectivity index (χ1n) is 9.47. The summed E-state index contributed by atoms with van der Waals surface area (Å²) in [6, 6.07) is 9.92. The lowest BCUT2D eigenvalue weighted by Crippen LogP contribution is -2.64. The summed E-state index contributed by atoms with van der Waals surface area (Å²) < 4.78 is 11.8. The Balaban J connectivity index is 1.49. The molecule has 140 valence electrons. The number of ether oxygens (including phenoxy) is 2. The van der Waals surface area contributed by atoms with Crippen LogP contribution in [-0.2, 0) is 16.0 Å². The molecule has 0 saturated carbocycles. The largest absolute Gasteiger partial charge is 0.390 e. The van der Waals surface area contributed by atoms with E-state index in [1.54, 1.807) is 0 Å². The standard InChI is InChI=1S/C20H27N3O3/c1-3-23(4-2)18-19(24)17(16-12-25-20(18)26-16)22-11-13-9-14-7-5-6-8-15(14)21-10-13/h5-10,16-20,22,24H,3-4,11-12H2,1-2H3/t16-,17-,18-,19+,20-/m1/s1. The molecule has 2 bridgehead atoms. The molecule has 0 unspecified atom stereocenters. The number of benzene rings is 1. The Labute approximate surface area is 154 Å². The van der Waals surface area contributed by atoms with Crippen LogP contribution >= 0.6 is 0 Å². The highest BCUT2D eigenvalue weighted by molar-refractivity contribution is 5.78. The van der Waals surface area contributed by atoms with Crippen molar-refractivity contribution in [2.75, 3.05) is 19.7 Å². The van der Waals surface area contributed by atoms with Gasteiger partial charge in [0.1, 0.15) is 6.10 Å². The van der Waals surface area contributed by atoms with Crippen molar-refractivity contribution in [2.24, 2.45) is 0 Å². The van der Waals surface area contributed by atoms with E-state index in [-0.39, 0.29) is 24.5 Å². The average Bonchev–Trinajstić information content (AvgIpc) is 3.10. The Morgan fingerprint density at radius 2 is 2.08 bits per heavy atom. The molecule has 3 heterocycles. The molecule has 6 heteroatoms. The Kier molecular flexibility index (Phi) is 5.20. The predicted octanol–water partition coefficient (Wildman–Crippen LogP) is 1.52. The normalized spacial score (nSPS) is 31.0. The highest BCUT2D eigenvalue weighted by Crippen LogP contribution is 2.31. The van der Waals surface area contributed by atoms with E-state index in [4.69, 9.17) is 9.47 Å². The lowest BCUT2D eigenvalue weighted by Gasteiger charge is -2.43. The van der Waals surface area contributed by atoms with E-state index >= 15 is 0 Å². The van der Waals surface area contributed by atoms with Gasteiger partial charge in [-0.15, -0.1) is 0 Å². The molecule has 0 radical (unpaired) electrons. The predicted molar refractivity (Wildman–Crippen MR) is 99.7 cm³/mol. The maximum atomic E-state index is 11.0. The summed E-state index contributed by atoms with van der Waals surface area (Å²) in [5, 5.41) is 15.6. The van der Waals surface area contributed by atoms with E-state index in [1.165, 1.54) is 0 Å². The van der Waals surface area contributed by atoms with Gasteiger partial charge in [-0.05, 0) is 30.8 Å². The third kappa shape index (κ3) is 3.23. The number of aliphatic hydroxyl groups is 1. The van der Waals surface area contributed by atoms with Crippen LogP contribution in [0.3, 0.4) is 0 Å². The van der Waals surface area contributed by atoms with Crippen LogP contribution in [-0.4, -0.2) is 65.3 Å². The quantitative estimate of drug-likeness (QED) is 0.817. The second kappa shape index (κ2) is 7.58. The van der Waals surface area contributed by atoms with Gasteiger partial charge in [0.15, 0.2) is 6.29 Å². The first-order valence-corrected chi connectivity index (χ1v) is 9.47. The number of nitrogens with zero attached hydrogens (tertiary/aromatic N) is 2. The first-order chi connectivity index (χ1) is 12.7. The van der Waals surface area contributed by atoms with Gasteiger partial charge in [0, 0.05) is 18.1 Å². The fourth-order valence-electron chi connectivity index (χ4n) is 4.14. The molecular formula is C20H27N3O3. The van der Waals surface area contributed by atoms with Gasteiger partial charge in [-0.2, -0.15) is 0 Å². The second-order valence-corrected chi connectivity index (χ2v) is 7.02. The van der Waals surface area contributed by atoms with Gasteiger partial charge < -0.3 is 19.9 Å². The van der Waals surface area contributed by atoms with Crippen LogP contribution in [0.25, 0.3) is 10.9 Å². The molecule has 2 fully saturated rings. The number of hydrogen-bond acceptors (Lipinski definition) is 6. The number of fused-ring (bicyclic) bond motifs is 3. The van der Waals surface area contributed by atoms with Crippen LogP contribution in [0.15, 0.2) is 36.5 Å². The molecule has 2 aliphatic rings. The molecule has 0 aliphatic carbocycles. The fourth-order valence-corrected chi connectivity index (χ4v) is 4.14. The molecule has 26 heavy (non-hydrogen) atoms. The number of aromatic nitrogens is 1. The Morgan fingerprint density at radius 3 is 2.88 bits per heavy atom. The van der Waals surface area contributed by atoms with Gasteiger partial charge in [0.2, 0.25) is 0 Å². The number of hydrogen-bond donors (Lipinski definition) is 2. The van der Waals surface area contributed by atoms with Gasteiger partial charge in [-0.3, -0.25) is 9.88 Å². The topological polar surface area (TPSA) is 66.9 Å². The summed E-state index contributed by atoms with van der Waals surface area (Å²) in [6.45, 7) is 7.06. The Bertz CT molecular complexity index is 750. The van der Waals surface area contributed by atoms with E-state index in [1.807, 2.05) is 24.4 Å². The van der Waals surface area contributed by atoms with E-state index in [9.17, 15) is 5.11 Å². The molecule has 0 spiro atoms. The molecule has 4 rings (SSSR count). The summed E-state index contributed by atoms with van der Waals surface area (Å²) >= 11 is 0. The van der Waals surface area contributed by atoms with Crippen molar-refractivity contribution in [1.29, 1.82) is 0 Å². The minimum Gasteiger partial charge on any atom is -0.390 e. The van der Waals surface area contributed by atoms with Crippen molar-refractivity contribution in [3.05, 3.63) is 42.1 Å². The Morgan fingerprint density at radius 1 is 1.27 bits per heavy atom. The van der Waals surface area contributed by atoms with E-state index in [0.29, 0.717) is 13.2 Å². The highest BCUT2D eigenvalue weighted by atomic mass is 16.7. The number of aliphatic hydroxyl groups excluding tert-OH is 1. The van der Waals surface area contributed by atoms with Crippen LogP contribution in [0.4, 0.5) is 0 Å². The van der Waals surface area contributed by atoms with E-state index < -0.39 is 6.10 Å². The van der Waals surface area contributed by atoms with Crippen molar-refractivity contribution in [3.8, 4) is 0 Å². The van der Waals surface area contributed by atoms with Crippen molar-refractivity contribution in [2.45, 2.75) is 51.0 Å². The number of rotatable bonds is 6. The van der Waals surface area contributed by atoms with Gasteiger partial charge in [-0.1, -0.05) is 32.0 Å². The molecule has 1 aromatic heterocycles. The van der Waals surface area contributed by atoms with Crippen LogP contribution in [0, 0.1) is 0 Å². The van der Waals surface area contributed by atoms with Crippen molar-refractivity contribution in [1.82, 2.24) is 15.2 Å². The third-order valence-electron chi connectivity index (χ3n) is 5.55. The van der Waals surface area contributed by atoms with Crippen molar-refractivity contribution in [3.63, 3.8) is 0 Å². The molecule has 6 nitrogen and oxygen atoms in total. The lowest BCUT2D eigenvalue weighted by atomic mass is 9.94. The molecule has 0 amide bonds. The molecule has 2 N–H and O–H groups in total. The van der Waals surface area contributed by atoms with E-state index in [2.05, 4.69) is 41.2 Å². The zero-order valence-electron chi connectivity index (χ0n) is 15.3. The number of nitrogens with one attached hydrogen (secondary N) is 1.